The Bertz CT molecular complexity index is 1050. The van der Waals surface area contributed by atoms with Crippen LogP contribution < -0.4 is 5.32 Å². The summed E-state index contributed by atoms with van der Waals surface area (Å²) in [6, 6.07) is 5.86. The second-order valence-electron chi connectivity index (χ2n) is 5.37. The van der Waals surface area contributed by atoms with Crippen LogP contribution in [0.1, 0.15) is 21.7 Å². The van der Waals surface area contributed by atoms with Gasteiger partial charge in [0.1, 0.15) is 0 Å². The summed E-state index contributed by atoms with van der Waals surface area (Å²) in [5.74, 6) is -0.564. The van der Waals surface area contributed by atoms with Gasteiger partial charge in [0.15, 0.2) is 11.5 Å². The topological polar surface area (TPSA) is 102 Å². The molecule has 0 unspecified atom stereocenters. The molecule has 0 fully saturated rings. The summed E-state index contributed by atoms with van der Waals surface area (Å²) in [6.45, 7) is -0.217. The average Bonchev–Trinajstić information content (AvgIpc) is 3.01. The minimum Gasteiger partial charge on any atom is -0.345 e. The minimum atomic E-state index is -4.53. The number of aromatic nitrogens is 3. The zero-order valence-electron chi connectivity index (χ0n) is 13.2. The van der Waals surface area contributed by atoms with Crippen LogP contribution in [0.3, 0.4) is 0 Å². The first-order valence-corrected chi connectivity index (χ1v) is 8.09. The predicted octanol–water partition coefficient (Wildman–Crippen LogP) is 3.35. The number of rotatable bonds is 4. The van der Waals surface area contributed by atoms with Crippen molar-refractivity contribution in [2.75, 3.05) is 0 Å². The molecule has 12 heteroatoms. The van der Waals surface area contributed by atoms with Gasteiger partial charge in [-0.25, -0.2) is 0 Å². The highest BCUT2D eigenvalue weighted by molar-refractivity contribution is 9.10. The standard InChI is InChI=1S/C15H9BrF3N5O3/c16-10-3-1-8(5-11(10)24(26)27)14(25)20-6-13-22-21-12-4-2-9(7-23(12)13)15(17,18)19/h1-5,7H,6H2,(H,20,25). The Labute approximate surface area is 157 Å². The van der Waals surface area contributed by atoms with E-state index in [-0.39, 0.29) is 33.7 Å². The number of alkyl halides is 3. The summed E-state index contributed by atoms with van der Waals surface area (Å²) in [6.07, 6.45) is -3.70. The third-order valence-corrected chi connectivity index (χ3v) is 4.28. The second-order valence-corrected chi connectivity index (χ2v) is 6.22. The molecule has 2 aromatic heterocycles. The summed E-state index contributed by atoms with van der Waals surface area (Å²) in [4.78, 5) is 22.5. The normalized spacial score (nSPS) is 11.6. The number of fused-ring (bicyclic) bond motifs is 1. The van der Waals surface area contributed by atoms with E-state index in [9.17, 15) is 28.1 Å². The van der Waals surface area contributed by atoms with Crippen LogP contribution in [-0.4, -0.2) is 25.4 Å². The number of nitrogens with one attached hydrogen (secondary N) is 1. The quantitative estimate of drug-likeness (QED) is 0.491. The number of halogens is 4. The van der Waals surface area contributed by atoms with E-state index in [4.69, 9.17) is 0 Å². The Hall–Kier alpha value is -3.02. The fourth-order valence-corrected chi connectivity index (χ4v) is 2.67. The van der Waals surface area contributed by atoms with Crippen molar-refractivity contribution in [3.8, 4) is 0 Å². The van der Waals surface area contributed by atoms with Gasteiger partial charge in [-0.15, -0.1) is 10.2 Å². The number of carbonyl (C=O) groups excluding carboxylic acids is 1. The summed E-state index contributed by atoms with van der Waals surface area (Å²) >= 11 is 3.01. The van der Waals surface area contributed by atoms with Gasteiger partial charge in [0.05, 0.1) is 21.5 Å². The molecule has 0 saturated carbocycles. The molecule has 2 heterocycles. The molecule has 0 bridgehead atoms. The molecule has 0 spiro atoms. The van der Waals surface area contributed by atoms with Crippen LogP contribution in [0, 0.1) is 10.1 Å². The fourth-order valence-electron chi connectivity index (χ4n) is 2.28. The molecule has 3 rings (SSSR count). The number of nitro groups is 1. The number of hydrogen-bond acceptors (Lipinski definition) is 5. The molecule has 27 heavy (non-hydrogen) atoms. The van der Waals surface area contributed by atoms with Crippen molar-refractivity contribution in [2.24, 2.45) is 0 Å². The van der Waals surface area contributed by atoms with Crippen LogP contribution in [0.5, 0.6) is 0 Å². The Morgan fingerprint density at radius 1 is 1.26 bits per heavy atom. The number of carbonyl (C=O) groups is 1. The molecular formula is C15H9BrF3N5O3. The van der Waals surface area contributed by atoms with E-state index < -0.39 is 22.6 Å². The van der Waals surface area contributed by atoms with Crippen molar-refractivity contribution < 1.29 is 22.9 Å². The lowest BCUT2D eigenvalue weighted by molar-refractivity contribution is -0.385. The highest BCUT2D eigenvalue weighted by Gasteiger charge is 2.31. The molecule has 0 atom stereocenters. The van der Waals surface area contributed by atoms with Gasteiger partial charge >= 0.3 is 6.18 Å². The third-order valence-electron chi connectivity index (χ3n) is 3.61. The lowest BCUT2D eigenvalue weighted by Crippen LogP contribution is -2.24. The first-order valence-electron chi connectivity index (χ1n) is 7.30. The van der Waals surface area contributed by atoms with Crippen LogP contribution in [0.15, 0.2) is 41.0 Å². The number of pyridine rings is 1. The number of hydrogen-bond donors (Lipinski definition) is 1. The van der Waals surface area contributed by atoms with Crippen LogP contribution in [0.2, 0.25) is 0 Å². The molecule has 3 aromatic rings. The van der Waals surface area contributed by atoms with Crippen LogP contribution >= 0.6 is 15.9 Å². The zero-order chi connectivity index (χ0) is 19.8. The summed E-state index contributed by atoms with van der Waals surface area (Å²) in [7, 11) is 0. The van der Waals surface area contributed by atoms with E-state index in [1.807, 2.05) is 0 Å². The lowest BCUT2D eigenvalue weighted by atomic mass is 10.2. The molecular weight excluding hydrogens is 435 g/mol. The monoisotopic (exact) mass is 443 g/mol. The van der Waals surface area contributed by atoms with Gasteiger partial charge in [-0.1, -0.05) is 0 Å². The highest BCUT2D eigenvalue weighted by Crippen LogP contribution is 2.29. The Balaban J connectivity index is 1.81. The first kappa shape index (κ1) is 18.8. The van der Waals surface area contributed by atoms with Crippen molar-refractivity contribution in [1.29, 1.82) is 0 Å². The maximum Gasteiger partial charge on any atom is 0.417 e. The molecule has 1 aromatic carbocycles. The van der Waals surface area contributed by atoms with Crippen molar-refractivity contribution in [1.82, 2.24) is 19.9 Å². The van der Waals surface area contributed by atoms with Gasteiger partial charge in [0.2, 0.25) is 0 Å². The SMILES string of the molecule is O=C(NCc1nnc2ccc(C(F)(F)F)cn12)c1ccc(Br)c([N+](=O)[O-])c1. The van der Waals surface area contributed by atoms with Gasteiger partial charge in [0, 0.05) is 17.8 Å². The molecule has 0 aliphatic carbocycles. The van der Waals surface area contributed by atoms with Crippen molar-refractivity contribution in [3.63, 3.8) is 0 Å². The van der Waals surface area contributed by atoms with E-state index in [0.29, 0.717) is 0 Å². The molecule has 0 radical (unpaired) electrons. The Morgan fingerprint density at radius 3 is 2.67 bits per heavy atom. The molecule has 0 saturated heterocycles. The minimum absolute atomic E-state index is 0.0229. The molecule has 0 aliphatic rings. The summed E-state index contributed by atoms with van der Waals surface area (Å²) in [5.41, 5.74) is -0.961. The van der Waals surface area contributed by atoms with Gasteiger partial charge in [-0.05, 0) is 40.2 Å². The van der Waals surface area contributed by atoms with Crippen LogP contribution in [0.4, 0.5) is 18.9 Å². The highest BCUT2D eigenvalue weighted by atomic mass is 79.9. The smallest absolute Gasteiger partial charge is 0.345 e. The average molecular weight is 444 g/mol. The molecule has 1 N–H and O–H groups in total. The zero-order valence-corrected chi connectivity index (χ0v) is 14.8. The second kappa shape index (κ2) is 6.95. The molecule has 140 valence electrons. The van der Waals surface area contributed by atoms with E-state index in [1.165, 1.54) is 18.2 Å². The molecule has 0 aliphatic heterocycles. The molecule has 1 amide bonds. The maximum atomic E-state index is 12.8. The summed E-state index contributed by atoms with van der Waals surface area (Å²) in [5, 5.41) is 20.9. The van der Waals surface area contributed by atoms with Crippen LogP contribution in [0.25, 0.3) is 5.65 Å². The third kappa shape index (κ3) is 3.89. The Kier molecular flexibility index (Phi) is 4.83. The van der Waals surface area contributed by atoms with Crippen LogP contribution in [-0.2, 0) is 12.7 Å². The summed E-state index contributed by atoms with van der Waals surface area (Å²) < 4.78 is 39.9. The van der Waals surface area contributed by atoms with Crippen molar-refractivity contribution >= 4 is 33.2 Å². The van der Waals surface area contributed by atoms with Crippen molar-refractivity contribution in [3.05, 3.63) is 68.1 Å². The Morgan fingerprint density at radius 2 is 2.00 bits per heavy atom. The van der Waals surface area contributed by atoms with E-state index >= 15 is 0 Å². The molecule has 8 nitrogen and oxygen atoms in total. The number of nitro benzene ring substituents is 1. The van der Waals surface area contributed by atoms with E-state index in [2.05, 4.69) is 31.4 Å². The van der Waals surface area contributed by atoms with E-state index in [0.717, 1.165) is 22.7 Å². The fraction of sp³-hybridized carbons (Fsp3) is 0.133. The van der Waals surface area contributed by atoms with E-state index in [1.54, 1.807) is 0 Å². The lowest BCUT2D eigenvalue weighted by Gasteiger charge is -2.08. The van der Waals surface area contributed by atoms with Crippen molar-refractivity contribution in [2.45, 2.75) is 12.7 Å². The van der Waals surface area contributed by atoms with Gasteiger partial charge < -0.3 is 5.32 Å². The maximum absolute atomic E-state index is 12.8. The number of nitrogens with zero attached hydrogens (tertiary/aromatic N) is 4. The first-order chi connectivity index (χ1) is 12.7. The van der Waals surface area contributed by atoms with Gasteiger partial charge in [-0.3, -0.25) is 19.3 Å². The largest absolute Gasteiger partial charge is 0.417 e. The predicted molar refractivity (Wildman–Crippen MR) is 90.0 cm³/mol. The number of amides is 1. The van der Waals surface area contributed by atoms with Gasteiger partial charge in [-0.2, -0.15) is 13.2 Å². The van der Waals surface area contributed by atoms with Gasteiger partial charge in [0.25, 0.3) is 11.6 Å². The number of benzene rings is 1.